The number of aliphatic carboxylic acids is 1. The van der Waals surface area contributed by atoms with Crippen molar-refractivity contribution in [1.82, 2.24) is 10.2 Å². The molecule has 2 amide bonds. The molecule has 1 heterocycles. The molecule has 2 N–H and O–H groups in total. The Morgan fingerprint density at radius 1 is 1.33 bits per heavy atom. The topological polar surface area (TPSA) is 86.7 Å². The van der Waals surface area contributed by atoms with Crippen LogP contribution in [0.1, 0.15) is 40.5 Å². The Morgan fingerprint density at radius 3 is 2.48 bits per heavy atom. The number of nitrogens with one attached hydrogen (secondary N) is 1. The molecular weight excluding hydrogens is 292 g/mol. The van der Waals surface area contributed by atoms with Gasteiger partial charge in [0.1, 0.15) is 6.04 Å². The van der Waals surface area contributed by atoms with E-state index in [2.05, 4.69) is 5.32 Å². The average Bonchev–Trinajstić information content (AvgIpc) is 2.75. The van der Waals surface area contributed by atoms with Gasteiger partial charge in [-0.1, -0.05) is 20.8 Å². The van der Waals surface area contributed by atoms with Crippen LogP contribution in [-0.2, 0) is 14.4 Å². The molecule has 0 aliphatic carbocycles. The fourth-order valence-corrected chi connectivity index (χ4v) is 3.24. The molecule has 0 bridgehead atoms. The highest BCUT2D eigenvalue weighted by Crippen LogP contribution is 2.29. The van der Waals surface area contributed by atoms with Gasteiger partial charge in [0, 0.05) is 24.1 Å². The molecule has 2 unspecified atom stereocenters. The van der Waals surface area contributed by atoms with Crippen LogP contribution in [0.2, 0.25) is 0 Å². The van der Waals surface area contributed by atoms with Gasteiger partial charge in [0.2, 0.25) is 11.8 Å². The van der Waals surface area contributed by atoms with Crippen LogP contribution in [0.15, 0.2) is 0 Å². The van der Waals surface area contributed by atoms with Crippen molar-refractivity contribution in [2.24, 2.45) is 5.41 Å². The first-order valence-corrected chi connectivity index (χ1v) is 8.13. The van der Waals surface area contributed by atoms with Crippen molar-refractivity contribution in [2.45, 2.75) is 52.0 Å². The van der Waals surface area contributed by atoms with Crippen LogP contribution in [0.4, 0.5) is 0 Å². The van der Waals surface area contributed by atoms with Crippen molar-refractivity contribution in [1.29, 1.82) is 0 Å². The summed E-state index contributed by atoms with van der Waals surface area (Å²) in [4.78, 5) is 36.4. The zero-order valence-electron chi connectivity index (χ0n) is 13.0. The molecule has 1 rings (SSSR count). The fraction of sp³-hybridized carbons (Fsp3) is 0.786. The van der Waals surface area contributed by atoms with Crippen LogP contribution in [0.5, 0.6) is 0 Å². The van der Waals surface area contributed by atoms with Crippen LogP contribution in [-0.4, -0.2) is 51.5 Å². The van der Waals surface area contributed by atoms with Crippen molar-refractivity contribution in [3.05, 3.63) is 0 Å². The largest absolute Gasteiger partial charge is 0.480 e. The van der Waals surface area contributed by atoms with E-state index in [9.17, 15) is 14.4 Å². The Kier molecular flexibility index (Phi) is 6.07. The summed E-state index contributed by atoms with van der Waals surface area (Å²) in [5, 5.41) is 11.8. The Balaban J connectivity index is 2.40. The van der Waals surface area contributed by atoms with Gasteiger partial charge < -0.3 is 15.3 Å². The number of thioether (sulfide) groups is 1. The summed E-state index contributed by atoms with van der Waals surface area (Å²) in [6.07, 6.45) is 0.764. The van der Waals surface area contributed by atoms with E-state index in [1.165, 1.54) is 16.7 Å². The monoisotopic (exact) mass is 316 g/mol. The van der Waals surface area contributed by atoms with Gasteiger partial charge in [0.05, 0.1) is 5.37 Å². The molecule has 6 nitrogen and oxygen atoms in total. The van der Waals surface area contributed by atoms with Crippen LogP contribution in [0.3, 0.4) is 0 Å². The molecule has 0 spiro atoms. The number of nitrogens with zero attached hydrogens (tertiary/aromatic N) is 1. The minimum Gasteiger partial charge on any atom is -0.480 e. The van der Waals surface area contributed by atoms with Gasteiger partial charge in [-0.25, -0.2) is 4.79 Å². The van der Waals surface area contributed by atoms with Gasteiger partial charge in [0.25, 0.3) is 0 Å². The summed E-state index contributed by atoms with van der Waals surface area (Å²) in [7, 11) is 0. The summed E-state index contributed by atoms with van der Waals surface area (Å²) in [5.74, 6) is -0.738. The third-order valence-corrected chi connectivity index (χ3v) is 4.55. The number of hydrogen-bond acceptors (Lipinski definition) is 4. The number of hydrogen-bond donors (Lipinski definition) is 2. The van der Waals surface area contributed by atoms with Crippen LogP contribution in [0.25, 0.3) is 0 Å². The molecule has 0 radical (unpaired) electrons. The van der Waals surface area contributed by atoms with E-state index in [1.807, 2.05) is 27.7 Å². The van der Waals surface area contributed by atoms with Gasteiger partial charge >= 0.3 is 5.97 Å². The Bertz CT molecular complexity index is 420. The normalized spacial score (nSPS) is 22.2. The molecule has 0 saturated carbocycles. The lowest BCUT2D eigenvalue weighted by Crippen LogP contribution is -2.45. The third kappa shape index (κ3) is 4.91. The number of carbonyl (C=O) groups is 3. The molecule has 1 aliphatic heterocycles. The highest BCUT2D eigenvalue weighted by atomic mass is 32.2. The van der Waals surface area contributed by atoms with E-state index < -0.39 is 17.4 Å². The van der Waals surface area contributed by atoms with Crippen molar-refractivity contribution in [3.8, 4) is 0 Å². The summed E-state index contributed by atoms with van der Waals surface area (Å²) in [6.45, 7) is 7.75. The lowest BCUT2D eigenvalue weighted by molar-refractivity contribution is -0.148. The molecule has 1 aliphatic rings. The second kappa shape index (κ2) is 7.15. The van der Waals surface area contributed by atoms with E-state index in [1.54, 1.807) is 0 Å². The summed E-state index contributed by atoms with van der Waals surface area (Å²) in [6, 6.07) is -0.735. The molecule has 0 aromatic rings. The predicted molar refractivity (Wildman–Crippen MR) is 81.9 cm³/mol. The van der Waals surface area contributed by atoms with Crippen LogP contribution in [0, 0.1) is 5.41 Å². The van der Waals surface area contributed by atoms with Crippen LogP contribution < -0.4 is 5.32 Å². The summed E-state index contributed by atoms with van der Waals surface area (Å²) < 4.78 is 0. The summed E-state index contributed by atoms with van der Waals surface area (Å²) >= 11 is 1.47. The number of amides is 2. The molecule has 0 aromatic carbocycles. The molecule has 120 valence electrons. The van der Waals surface area contributed by atoms with Gasteiger partial charge in [-0.3, -0.25) is 9.59 Å². The minimum atomic E-state index is -0.957. The zero-order valence-corrected chi connectivity index (χ0v) is 13.8. The Labute approximate surface area is 129 Å². The first kappa shape index (κ1) is 17.8. The van der Waals surface area contributed by atoms with Gasteiger partial charge in [-0.05, 0) is 13.3 Å². The van der Waals surface area contributed by atoms with Crippen molar-refractivity contribution >= 4 is 29.5 Å². The molecule has 0 aromatic heterocycles. The van der Waals surface area contributed by atoms with Crippen molar-refractivity contribution in [2.75, 3.05) is 12.3 Å². The highest BCUT2D eigenvalue weighted by molar-refractivity contribution is 8.00. The predicted octanol–water partition coefficient (Wildman–Crippen LogP) is 1.30. The standard InChI is InChI=1S/C14H24N2O4S/c1-9-16(10(8-21-9)12(18)19)11(17)6-5-7-15-13(20)14(2,3)4/h9-10H,5-8H2,1-4H3,(H,15,20)(H,18,19). The Morgan fingerprint density at radius 2 is 1.95 bits per heavy atom. The number of carboxylic acids is 1. The lowest BCUT2D eigenvalue weighted by atomic mass is 9.96. The molecule has 7 heteroatoms. The van der Waals surface area contributed by atoms with E-state index >= 15 is 0 Å². The van der Waals surface area contributed by atoms with E-state index in [0.717, 1.165) is 0 Å². The van der Waals surface area contributed by atoms with E-state index in [4.69, 9.17) is 5.11 Å². The molecular formula is C14H24N2O4S. The summed E-state index contributed by atoms with van der Waals surface area (Å²) in [5.41, 5.74) is -0.446. The van der Waals surface area contributed by atoms with Gasteiger partial charge in [-0.2, -0.15) is 0 Å². The molecule has 1 fully saturated rings. The minimum absolute atomic E-state index is 0.0524. The molecule has 2 atom stereocenters. The maximum atomic E-state index is 12.1. The Hall–Kier alpha value is -1.24. The highest BCUT2D eigenvalue weighted by Gasteiger charge is 2.38. The second-order valence-corrected chi connectivity index (χ2v) is 7.55. The maximum Gasteiger partial charge on any atom is 0.327 e. The number of carboxylic acid groups (broad SMARTS) is 1. The number of carbonyl (C=O) groups excluding carboxylic acids is 2. The molecule has 21 heavy (non-hydrogen) atoms. The van der Waals surface area contributed by atoms with E-state index in [-0.39, 0.29) is 23.6 Å². The third-order valence-electron chi connectivity index (χ3n) is 3.33. The second-order valence-electron chi connectivity index (χ2n) is 6.20. The quantitative estimate of drug-likeness (QED) is 0.747. The zero-order chi connectivity index (χ0) is 16.2. The van der Waals surface area contributed by atoms with Gasteiger partial charge in [0.15, 0.2) is 0 Å². The molecule has 1 saturated heterocycles. The van der Waals surface area contributed by atoms with E-state index in [0.29, 0.717) is 18.7 Å². The first-order valence-electron chi connectivity index (χ1n) is 7.08. The smallest absolute Gasteiger partial charge is 0.327 e. The van der Waals surface area contributed by atoms with Crippen molar-refractivity contribution < 1.29 is 19.5 Å². The lowest BCUT2D eigenvalue weighted by Gasteiger charge is -2.25. The average molecular weight is 316 g/mol. The SMILES string of the molecule is CC1SCC(C(=O)O)N1C(=O)CCCNC(=O)C(C)(C)C. The maximum absolute atomic E-state index is 12.1. The fourth-order valence-electron chi connectivity index (χ4n) is 2.05. The first-order chi connectivity index (χ1) is 9.64. The number of rotatable bonds is 5. The van der Waals surface area contributed by atoms with Crippen LogP contribution >= 0.6 is 11.8 Å². The van der Waals surface area contributed by atoms with Crippen molar-refractivity contribution in [3.63, 3.8) is 0 Å². The van der Waals surface area contributed by atoms with Gasteiger partial charge in [-0.15, -0.1) is 11.8 Å².